The molecule has 8 atom stereocenters. The number of rotatable bonds is 16. The predicted molar refractivity (Wildman–Crippen MR) is 572 cm³/mol. The second-order valence-electron chi connectivity index (χ2n) is 36.0. The highest BCUT2D eigenvalue weighted by Gasteiger charge is 2.29. The summed E-state index contributed by atoms with van der Waals surface area (Å²) in [6, 6.07) is 123. The van der Waals surface area contributed by atoms with Crippen molar-refractivity contribution in [2.75, 3.05) is 21.2 Å². The molecule has 0 N–H and O–H groups in total. The van der Waals surface area contributed by atoms with Gasteiger partial charge in [-0.1, -0.05) is 349 Å². The molecule has 22 rings (SSSR count). The first-order chi connectivity index (χ1) is 64.0. The van der Waals surface area contributed by atoms with E-state index in [9.17, 15) is 0 Å². The van der Waals surface area contributed by atoms with E-state index < -0.39 is 0 Å². The third-order valence-electron chi connectivity index (χ3n) is 27.9. The molecule has 0 aliphatic carbocycles. The molecule has 0 amide bonds. The lowest BCUT2D eigenvalue weighted by Gasteiger charge is -2.36. The van der Waals surface area contributed by atoms with Crippen LogP contribution < -0.4 is 19.4 Å². The Morgan fingerprint density at radius 1 is 0.305 bits per heavy atom. The number of anilines is 5. The van der Waals surface area contributed by atoms with Crippen LogP contribution in [0, 0.1) is 0 Å². The van der Waals surface area contributed by atoms with Gasteiger partial charge in [-0.25, -0.2) is 4.98 Å². The summed E-state index contributed by atoms with van der Waals surface area (Å²) in [6.07, 6.45) is 16.2. The fraction of sp³-hybridized carbons (Fsp3) is 0.276. The van der Waals surface area contributed by atoms with E-state index in [1.807, 2.05) is 54.7 Å². The van der Waals surface area contributed by atoms with Gasteiger partial charge >= 0.3 is 0 Å². The van der Waals surface area contributed by atoms with Crippen LogP contribution in [0.3, 0.4) is 0 Å². The molecule has 5 heterocycles. The molecule has 0 radical (unpaired) electrons. The molecule has 0 bridgehead atoms. The largest absolute Gasteiger partial charge is 0.453 e. The Balaban J connectivity index is 0.000000115. The fourth-order valence-electron chi connectivity index (χ4n) is 19.1. The highest BCUT2D eigenvalue weighted by Crippen LogP contribution is 2.51. The van der Waals surface area contributed by atoms with Crippen molar-refractivity contribution in [1.29, 1.82) is 0 Å². The normalized spacial score (nSPS) is 14.0. The van der Waals surface area contributed by atoms with Crippen molar-refractivity contribution in [2.24, 2.45) is 0 Å². The van der Waals surface area contributed by atoms with E-state index in [4.69, 9.17) is 4.74 Å². The molecule has 3 aliphatic rings. The standard InChI is InChI=1S/C20H18.2C18H18.C16H17NO.C16H17NS.C16H17N.C12H17N.C7H12N2/c1-3-13(2)17-11-9-16-8-7-14-5-4-6-15-10-12-18(17)20(16)19(14)15;1-3-13(2)18-16-10-6-4-8-14(16)12-15-9-5-7-11-17(15)18;1-3-13(2)18-12-14-8-4-5-9-15(14)16-10-6-7-11-17(16)18;2*1-3-12(2)17-13-8-4-6-10-15(13)18-16-11-7-5-9-14(16)17;1-3-12(2)17-15-10-6-4-8-13(15)14-9-5-7-11-16(14)17;1-3-10(2)13-9-8-11-6-4-5-7-12(11)13;1-3-7(2)9-5-4-8-6-9/h4-13H,3H2,1-2H3;2*4-13H,3H2,1-2H3;2*4-12H,3H2,1-2H3;4-12H,3H2,1-2H3;4-7,10H,3,8-9H2,1-2H3;4-7H,3H2,1-2H3. The third kappa shape index (κ3) is 20.3. The molecule has 8 heteroatoms. The van der Waals surface area contributed by atoms with Crippen LogP contribution in [0.15, 0.2) is 362 Å². The highest BCUT2D eigenvalue weighted by molar-refractivity contribution is 7.99. The first-order valence-electron chi connectivity index (χ1n) is 48.6. The van der Waals surface area contributed by atoms with E-state index in [1.54, 1.807) is 0 Å². The van der Waals surface area contributed by atoms with Crippen molar-refractivity contribution in [2.45, 2.75) is 226 Å². The zero-order chi connectivity index (χ0) is 91.6. The van der Waals surface area contributed by atoms with Gasteiger partial charge < -0.3 is 28.6 Å². The van der Waals surface area contributed by atoms with Crippen LogP contribution in [0.4, 0.5) is 28.4 Å². The van der Waals surface area contributed by atoms with Crippen molar-refractivity contribution in [3.63, 3.8) is 0 Å². The molecule has 0 spiro atoms. The summed E-state index contributed by atoms with van der Waals surface area (Å²) in [6.45, 7) is 37.4. The predicted octanol–water partition coefficient (Wildman–Crippen LogP) is 36.4. The van der Waals surface area contributed by atoms with E-state index in [1.165, 1.54) is 185 Å². The number of hydrogen-bond acceptors (Lipinski definition) is 6. The van der Waals surface area contributed by atoms with Crippen LogP contribution in [0.25, 0.3) is 97.2 Å². The first kappa shape index (κ1) is 93.1. The summed E-state index contributed by atoms with van der Waals surface area (Å²) in [5, 5.41) is 22.1. The van der Waals surface area contributed by atoms with Gasteiger partial charge in [-0.2, -0.15) is 0 Å². The molecule has 668 valence electrons. The number of para-hydroxylation sites is 9. The van der Waals surface area contributed by atoms with Crippen LogP contribution in [-0.2, 0) is 6.42 Å². The Morgan fingerprint density at radius 2 is 0.718 bits per heavy atom. The van der Waals surface area contributed by atoms with Gasteiger partial charge in [-0.15, -0.1) is 0 Å². The molecular formula is C123H134N6OS. The number of imidazole rings is 1. The summed E-state index contributed by atoms with van der Waals surface area (Å²) in [5.41, 5.74) is 15.1. The number of ether oxygens (including phenoxy) is 1. The molecule has 0 fully saturated rings. The minimum absolute atomic E-state index is 0.455. The van der Waals surface area contributed by atoms with E-state index in [-0.39, 0.29) is 0 Å². The van der Waals surface area contributed by atoms with Crippen LogP contribution in [0.1, 0.15) is 214 Å². The van der Waals surface area contributed by atoms with Gasteiger partial charge in [0.25, 0.3) is 0 Å². The van der Waals surface area contributed by atoms with Crippen LogP contribution in [0.5, 0.6) is 11.5 Å². The monoisotopic (exact) mass is 1740 g/mol. The summed E-state index contributed by atoms with van der Waals surface area (Å²) < 4.78 is 10.5. The lowest BCUT2D eigenvalue weighted by Crippen LogP contribution is -2.30. The smallest absolute Gasteiger partial charge is 0.151 e. The Hall–Kier alpha value is -12.6. The topological polar surface area (TPSA) is 41.7 Å². The number of hydrogen-bond donors (Lipinski definition) is 0. The van der Waals surface area contributed by atoms with E-state index in [0.717, 1.165) is 48.6 Å². The van der Waals surface area contributed by atoms with Crippen LogP contribution in [-0.4, -0.2) is 38.8 Å². The Bertz CT molecular complexity index is 6630. The number of aromatic nitrogens is 3. The number of benzene rings is 17. The van der Waals surface area contributed by atoms with Gasteiger partial charge in [0.1, 0.15) is 0 Å². The minimum Gasteiger partial charge on any atom is -0.453 e. The lowest BCUT2D eigenvalue weighted by molar-refractivity contribution is 0.466. The fourth-order valence-corrected chi connectivity index (χ4v) is 20.1. The maximum absolute atomic E-state index is 5.96. The van der Waals surface area contributed by atoms with Crippen molar-refractivity contribution >= 4 is 137 Å². The van der Waals surface area contributed by atoms with Crippen molar-refractivity contribution in [1.82, 2.24) is 14.1 Å². The zero-order valence-electron chi connectivity index (χ0n) is 80.2. The van der Waals surface area contributed by atoms with Crippen molar-refractivity contribution in [3.05, 3.63) is 375 Å². The van der Waals surface area contributed by atoms with Crippen molar-refractivity contribution in [3.8, 4) is 11.5 Å². The van der Waals surface area contributed by atoms with Gasteiger partial charge in [-0.05, 0) is 281 Å². The minimum atomic E-state index is 0.455. The molecule has 17 aromatic carbocycles. The summed E-state index contributed by atoms with van der Waals surface area (Å²) >= 11 is 1.87. The molecule has 0 saturated heterocycles. The Morgan fingerprint density at radius 3 is 1.24 bits per heavy atom. The van der Waals surface area contributed by atoms with E-state index in [0.29, 0.717) is 48.0 Å². The highest BCUT2D eigenvalue weighted by atomic mass is 32.2. The van der Waals surface area contributed by atoms with Crippen LogP contribution >= 0.6 is 11.8 Å². The molecule has 0 saturated carbocycles. The van der Waals surface area contributed by atoms with Crippen molar-refractivity contribution < 1.29 is 4.74 Å². The average Bonchev–Trinajstić information content (AvgIpc) is 1.11. The van der Waals surface area contributed by atoms with Gasteiger partial charge in [-0.3, -0.25) is 0 Å². The van der Waals surface area contributed by atoms with E-state index in [2.05, 4.69) is 449 Å². The Labute approximate surface area is 784 Å². The molecule has 2 aromatic heterocycles. The quantitative estimate of drug-likeness (QED) is 0.0709. The number of fused-ring (bicyclic) bond motifs is 13. The van der Waals surface area contributed by atoms with Crippen LogP contribution in [0.2, 0.25) is 0 Å². The maximum Gasteiger partial charge on any atom is 0.151 e. The van der Waals surface area contributed by atoms with Gasteiger partial charge in [0.05, 0.1) is 29.1 Å². The molecule has 7 nitrogen and oxygen atoms in total. The SMILES string of the molecule is CCC(C)N1CCc2ccccc21.CCC(C)N1c2ccccc2Oc2ccccc21.CCC(C)N1c2ccccc2Sc2ccccc21.CCC(C)c1c2ccccc2cc2ccccc12.CCC(C)c1cc2ccccc2c2ccccc12.CCC(C)c1ccc2ccc3cccc4ccc1c2c34.CCC(C)n1c2ccccc2c2ccccc21.CCC(C)n1ccnc1. The number of nitrogens with zero attached hydrogens (tertiary/aromatic N) is 6. The first-order valence-corrected chi connectivity index (χ1v) is 49.4. The second-order valence-corrected chi connectivity index (χ2v) is 37.1. The molecule has 19 aromatic rings. The van der Waals surface area contributed by atoms with Gasteiger partial charge in [0.15, 0.2) is 11.5 Å². The molecule has 8 unspecified atom stereocenters. The van der Waals surface area contributed by atoms with Gasteiger partial charge in [0, 0.05) is 86.4 Å². The Kier molecular flexibility index (Phi) is 31.2. The summed E-state index contributed by atoms with van der Waals surface area (Å²) in [5.74, 6) is 3.70. The molecule has 131 heavy (non-hydrogen) atoms. The third-order valence-corrected chi connectivity index (χ3v) is 29.0. The molecular weight excluding hydrogens is 1610 g/mol. The van der Waals surface area contributed by atoms with Gasteiger partial charge in [0.2, 0.25) is 0 Å². The second kappa shape index (κ2) is 43.9. The maximum atomic E-state index is 5.96. The lowest BCUT2D eigenvalue weighted by atomic mass is 9.87. The molecule has 3 aliphatic heterocycles. The zero-order valence-corrected chi connectivity index (χ0v) is 81.0. The van der Waals surface area contributed by atoms with E-state index >= 15 is 0 Å². The summed E-state index contributed by atoms with van der Waals surface area (Å²) in [4.78, 5) is 14.0. The average molecular weight is 1740 g/mol. The summed E-state index contributed by atoms with van der Waals surface area (Å²) in [7, 11) is 0.